The molecule has 0 radical (unpaired) electrons. The maximum atomic E-state index is 13.1. The lowest BCUT2D eigenvalue weighted by Crippen LogP contribution is -2.30. The van der Waals surface area contributed by atoms with Crippen LogP contribution in [0.3, 0.4) is 0 Å². The van der Waals surface area contributed by atoms with Crippen LogP contribution in [-0.4, -0.2) is 96.7 Å². The number of hydrogen-bond acceptors (Lipinski definition) is 15. The van der Waals surface area contributed by atoms with E-state index in [0.29, 0.717) is 25.7 Å². The lowest BCUT2D eigenvalue weighted by atomic mass is 10.00. The molecule has 0 fully saturated rings. The third kappa shape index (κ3) is 76.6. The third-order valence-corrected chi connectivity index (χ3v) is 22.0. The van der Waals surface area contributed by atoms with Crippen molar-refractivity contribution < 1.29 is 80.2 Å². The fraction of sp³-hybridized carbons (Fsp3) is 0.952. The highest BCUT2D eigenvalue weighted by Gasteiger charge is 2.30. The van der Waals surface area contributed by atoms with Gasteiger partial charge >= 0.3 is 39.5 Å². The molecule has 0 aromatic rings. The van der Waals surface area contributed by atoms with Gasteiger partial charge < -0.3 is 33.8 Å². The molecule has 3 N–H and O–H groups in total. The fourth-order valence-corrected chi connectivity index (χ4v) is 14.7. The lowest BCUT2D eigenvalue weighted by Gasteiger charge is -2.21. The van der Waals surface area contributed by atoms with E-state index in [2.05, 4.69) is 34.6 Å². The molecular formula is C84H164O17P2. The number of aliphatic hydroxyl groups excluding tert-OH is 1. The van der Waals surface area contributed by atoms with Gasteiger partial charge in [-0.15, -0.1) is 0 Å². The van der Waals surface area contributed by atoms with Crippen molar-refractivity contribution in [2.24, 2.45) is 5.92 Å². The van der Waals surface area contributed by atoms with E-state index in [4.69, 9.17) is 37.0 Å². The summed E-state index contributed by atoms with van der Waals surface area (Å²) < 4.78 is 68.8. The first-order chi connectivity index (χ1) is 50.1. The first-order valence-electron chi connectivity index (χ1n) is 43.7. The van der Waals surface area contributed by atoms with Crippen LogP contribution in [0.2, 0.25) is 0 Å². The van der Waals surface area contributed by atoms with Crippen molar-refractivity contribution in [3.05, 3.63) is 0 Å². The lowest BCUT2D eigenvalue weighted by molar-refractivity contribution is -0.161. The molecule has 0 saturated heterocycles. The summed E-state index contributed by atoms with van der Waals surface area (Å²) in [7, 11) is -9.92. The molecule has 17 nitrogen and oxygen atoms in total. The molecule has 6 atom stereocenters. The summed E-state index contributed by atoms with van der Waals surface area (Å²) in [4.78, 5) is 73.1. The van der Waals surface area contributed by atoms with Crippen LogP contribution in [0.5, 0.6) is 0 Å². The Morgan fingerprint density at radius 2 is 0.466 bits per heavy atom. The van der Waals surface area contributed by atoms with Gasteiger partial charge in [-0.05, 0) is 31.6 Å². The molecule has 0 aliphatic rings. The van der Waals surface area contributed by atoms with Crippen molar-refractivity contribution in [3.63, 3.8) is 0 Å². The number of ether oxygens (including phenoxy) is 4. The van der Waals surface area contributed by atoms with Crippen LogP contribution in [0.1, 0.15) is 452 Å². The molecule has 0 aromatic carbocycles. The second-order valence-electron chi connectivity index (χ2n) is 30.5. The predicted molar refractivity (Wildman–Crippen MR) is 423 cm³/mol. The molecule has 0 amide bonds. The molecule has 0 heterocycles. The molecule has 0 bridgehead atoms. The van der Waals surface area contributed by atoms with Crippen LogP contribution >= 0.6 is 15.6 Å². The number of unbranched alkanes of at least 4 members (excludes halogenated alkanes) is 55. The van der Waals surface area contributed by atoms with E-state index < -0.39 is 97.5 Å². The summed E-state index contributed by atoms with van der Waals surface area (Å²) in [5, 5.41) is 10.7. The zero-order valence-corrected chi connectivity index (χ0v) is 69.3. The number of esters is 4. The Morgan fingerprint density at radius 3 is 0.689 bits per heavy atom. The summed E-state index contributed by atoms with van der Waals surface area (Å²) in [6.45, 7) is 7.31. The minimum atomic E-state index is -4.96. The Balaban J connectivity index is 5.22. The van der Waals surface area contributed by atoms with E-state index in [-0.39, 0.29) is 25.7 Å². The van der Waals surface area contributed by atoms with Crippen LogP contribution in [0.15, 0.2) is 0 Å². The Hall–Kier alpha value is -1.94. The van der Waals surface area contributed by atoms with E-state index in [0.717, 1.165) is 102 Å². The first kappa shape index (κ1) is 101. The molecule has 612 valence electrons. The van der Waals surface area contributed by atoms with Crippen LogP contribution in [0.4, 0.5) is 0 Å². The molecule has 0 spiro atoms. The van der Waals surface area contributed by atoms with Crippen LogP contribution < -0.4 is 0 Å². The highest BCUT2D eigenvalue weighted by molar-refractivity contribution is 7.47. The Morgan fingerprint density at radius 1 is 0.272 bits per heavy atom. The molecule has 0 aromatic heterocycles. The largest absolute Gasteiger partial charge is 0.472 e. The quantitative estimate of drug-likeness (QED) is 0.0222. The third-order valence-electron chi connectivity index (χ3n) is 20.1. The average Bonchev–Trinajstić information content (AvgIpc) is 0.914. The van der Waals surface area contributed by atoms with E-state index in [1.807, 2.05) is 0 Å². The van der Waals surface area contributed by atoms with Gasteiger partial charge in [0.25, 0.3) is 0 Å². The number of carbonyl (C=O) groups excluding carboxylic acids is 4. The number of aliphatic hydroxyl groups is 1. The molecule has 0 rings (SSSR count). The van der Waals surface area contributed by atoms with Gasteiger partial charge in [-0.1, -0.05) is 401 Å². The summed E-state index contributed by atoms with van der Waals surface area (Å²) >= 11 is 0. The SMILES string of the molecule is CCCCCCCCCCCCCCCCCCCCCCC(=O)O[C@H](COC(=O)CCCCCCCCCCCCCCCCCCCCC)COP(=O)(O)OC[C@@H](O)COP(=O)(O)OC[C@@H](COC(=O)CCCCCCCCC(C)CC)OC(=O)CCCCCCCCCCCCCCCC. The predicted octanol–water partition coefficient (Wildman–Crippen LogP) is 25.6. The molecule has 0 aliphatic heterocycles. The maximum Gasteiger partial charge on any atom is 0.472 e. The van der Waals surface area contributed by atoms with E-state index in [9.17, 15) is 43.2 Å². The van der Waals surface area contributed by atoms with Crippen molar-refractivity contribution >= 4 is 39.5 Å². The van der Waals surface area contributed by atoms with Gasteiger partial charge in [-0.3, -0.25) is 37.3 Å². The number of hydrogen-bond donors (Lipinski definition) is 3. The second kappa shape index (κ2) is 76.8. The Bertz CT molecular complexity index is 1960. The zero-order chi connectivity index (χ0) is 75.5. The molecule has 0 aliphatic carbocycles. The average molecular weight is 1510 g/mol. The molecule has 19 heteroatoms. The van der Waals surface area contributed by atoms with Crippen LogP contribution in [0.25, 0.3) is 0 Å². The molecule has 3 unspecified atom stereocenters. The fourth-order valence-electron chi connectivity index (χ4n) is 13.1. The second-order valence-corrected chi connectivity index (χ2v) is 33.4. The Kier molecular flexibility index (Phi) is 75.4. The zero-order valence-electron chi connectivity index (χ0n) is 67.5. The van der Waals surface area contributed by atoms with Crippen LogP contribution in [-0.2, 0) is 65.4 Å². The van der Waals surface area contributed by atoms with Crippen molar-refractivity contribution in [1.82, 2.24) is 0 Å². The van der Waals surface area contributed by atoms with E-state index in [1.54, 1.807) is 0 Å². The van der Waals surface area contributed by atoms with Gasteiger partial charge in [-0.2, -0.15) is 0 Å². The topological polar surface area (TPSA) is 237 Å². The molecular weight excluding hydrogens is 1340 g/mol. The van der Waals surface area contributed by atoms with Gasteiger partial charge in [0.05, 0.1) is 26.4 Å². The minimum absolute atomic E-state index is 0.108. The highest BCUT2D eigenvalue weighted by Crippen LogP contribution is 2.45. The number of carbonyl (C=O) groups is 4. The first-order valence-corrected chi connectivity index (χ1v) is 46.7. The van der Waals surface area contributed by atoms with Crippen LogP contribution in [0, 0.1) is 5.92 Å². The standard InChI is InChI=1S/C84H164O17P2/c1-6-10-13-16-19-22-25-28-31-33-35-37-39-41-44-47-50-53-60-65-70-83(88)100-79(73-94-81(86)67-62-57-51-48-45-43-40-38-36-34-32-29-26-23-20-17-14-11-7-2)75-98-102(90,91)96-71-78(85)72-97-103(92,93)99-76-80(74-95-82(87)68-63-58-55-54-56-61-66-77(5)9-4)101-84(89)69-64-59-52-49-46-42-30-27-24-21-18-15-12-8-3/h77-80,85H,6-76H2,1-5H3,(H,90,91)(H,92,93)/t77?,78-,79-,80-/m1/s1. The smallest absolute Gasteiger partial charge is 0.462 e. The number of phosphoric acid groups is 2. The highest BCUT2D eigenvalue weighted by atomic mass is 31.2. The van der Waals surface area contributed by atoms with Crippen molar-refractivity contribution in [2.75, 3.05) is 39.6 Å². The van der Waals surface area contributed by atoms with Crippen molar-refractivity contribution in [3.8, 4) is 0 Å². The van der Waals surface area contributed by atoms with Gasteiger partial charge in [-0.25, -0.2) is 9.13 Å². The number of rotatable bonds is 84. The Labute approximate surface area is 632 Å². The summed E-state index contributed by atoms with van der Waals surface area (Å²) in [6, 6.07) is 0. The summed E-state index contributed by atoms with van der Waals surface area (Å²) in [6.07, 6.45) is 69.5. The van der Waals surface area contributed by atoms with Gasteiger partial charge in [0.1, 0.15) is 19.3 Å². The number of phosphoric ester groups is 2. The molecule has 0 saturated carbocycles. The van der Waals surface area contributed by atoms with Gasteiger partial charge in [0.2, 0.25) is 0 Å². The van der Waals surface area contributed by atoms with Gasteiger partial charge in [0, 0.05) is 25.7 Å². The summed E-state index contributed by atoms with van der Waals surface area (Å²) in [5.41, 5.74) is 0. The van der Waals surface area contributed by atoms with E-state index in [1.165, 1.54) is 270 Å². The van der Waals surface area contributed by atoms with Gasteiger partial charge in [0.15, 0.2) is 12.2 Å². The molecule has 103 heavy (non-hydrogen) atoms. The van der Waals surface area contributed by atoms with Crippen molar-refractivity contribution in [1.29, 1.82) is 0 Å². The van der Waals surface area contributed by atoms with Crippen molar-refractivity contribution in [2.45, 2.75) is 470 Å². The normalized spacial score (nSPS) is 14.1. The maximum absolute atomic E-state index is 13.1. The minimum Gasteiger partial charge on any atom is -0.462 e. The summed E-state index contributed by atoms with van der Waals surface area (Å²) in [5.74, 6) is -1.37. The van der Waals surface area contributed by atoms with E-state index >= 15 is 0 Å². The monoisotopic (exact) mass is 1510 g/mol.